The highest BCUT2D eigenvalue weighted by Gasteiger charge is 2.12. The summed E-state index contributed by atoms with van der Waals surface area (Å²) in [6.07, 6.45) is 0. The molecule has 0 radical (unpaired) electrons. The fourth-order valence-corrected chi connectivity index (χ4v) is 1.12. The largest absolute Gasteiger partial charge is 0.433 e. The number of ether oxygens (including phenoxy) is 1. The van der Waals surface area contributed by atoms with Crippen LogP contribution in [0, 0.1) is 6.92 Å². The van der Waals surface area contributed by atoms with E-state index >= 15 is 0 Å². The zero-order valence-corrected chi connectivity index (χ0v) is 7.96. The third-order valence-corrected chi connectivity index (χ3v) is 1.70. The number of hydrogen-bond acceptors (Lipinski definition) is 2. The highest BCUT2D eigenvalue weighted by atomic mass is 19.3. The number of benzene rings is 1. The van der Waals surface area contributed by atoms with E-state index in [1.165, 1.54) is 6.07 Å². The molecule has 4 nitrogen and oxygen atoms in total. The van der Waals surface area contributed by atoms with Gasteiger partial charge in [-0.1, -0.05) is 12.1 Å². The molecule has 0 bridgehead atoms. The summed E-state index contributed by atoms with van der Waals surface area (Å²) in [5.74, 6) is -0.108. The van der Waals surface area contributed by atoms with Crippen molar-refractivity contribution in [2.24, 2.45) is 5.73 Å². The van der Waals surface area contributed by atoms with Crippen molar-refractivity contribution in [1.29, 1.82) is 0 Å². The van der Waals surface area contributed by atoms with E-state index in [2.05, 4.69) is 10.1 Å². The Morgan fingerprint density at radius 3 is 2.73 bits per heavy atom. The summed E-state index contributed by atoms with van der Waals surface area (Å²) in [6, 6.07) is 3.68. The third-order valence-electron chi connectivity index (χ3n) is 1.70. The fourth-order valence-electron chi connectivity index (χ4n) is 1.12. The Labute approximate surface area is 85.0 Å². The van der Waals surface area contributed by atoms with E-state index < -0.39 is 12.6 Å². The van der Waals surface area contributed by atoms with E-state index in [1.807, 2.05) is 0 Å². The van der Waals surface area contributed by atoms with Crippen molar-refractivity contribution in [2.75, 3.05) is 5.32 Å². The first kappa shape index (κ1) is 11.2. The SMILES string of the molecule is Cc1cccc(OC(F)F)c1NC(N)=O. The minimum absolute atomic E-state index is 0.108. The number of rotatable bonds is 3. The number of nitrogens with two attached hydrogens (primary N) is 1. The molecule has 0 heterocycles. The summed E-state index contributed by atoms with van der Waals surface area (Å²) in [7, 11) is 0. The van der Waals surface area contributed by atoms with Crippen molar-refractivity contribution in [3.63, 3.8) is 0 Å². The van der Waals surface area contributed by atoms with Crippen molar-refractivity contribution in [1.82, 2.24) is 0 Å². The van der Waals surface area contributed by atoms with Gasteiger partial charge in [0.15, 0.2) is 0 Å². The number of aryl methyl sites for hydroxylation is 1. The lowest BCUT2D eigenvalue weighted by atomic mass is 10.2. The van der Waals surface area contributed by atoms with E-state index in [1.54, 1.807) is 19.1 Å². The van der Waals surface area contributed by atoms with Gasteiger partial charge < -0.3 is 15.8 Å². The molecule has 3 N–H and O–H groups in total. The Morgan fingerprint density at radius 1 is 1.53 bits per heavy atom. The van der Waals surface area contributed by atoms with Gasteiger partial charge >= 0.3 is 12.6 Å². The Morgan fingerprint density at radius 2 is 2.20 bits per heavy atom. The van der Waals surface area contributed by atoms with Crippen molar-refractivity contribution in [3.8, 4) is 5.75 Å². The van der Waals surface area contributed by atoms with E-state index in [4.69, 9.17) is 5.73 Å². The smallest absolute Gasteiger partial charge is 0.387 e. The molecule has 6 heteroatoms. The number of halogens is 2. The first-order chi connectivity index (χ1) is 7.00. The first-order valence-corrected chi connectivity index (χ1v) is 4.11. The lowest BCUT2D eigenvalue weighted by Crippen LogP contribution is -2.20. The van der Waals surface area contributed by atoms with Gasteiger partial charge in [-0.05, 0) is 18.6 Å². The average Bonchev–Trinajstić information content (AvgIpc) is 2.09. The lowest BCUT2D eigenvalue weighted by Gasteiger charge is -2.12. The van der Waals surface area contributed by atoms with Crippen LogP contribution < -0.4 is 15.8 Å². The predicted octanol–water partition coefficient (Wildman–Crippen LogP) is 2.09. The molecule has 1 aromatic rings. The van der Waals surface area contributed by atoms with Crippen LogP contribution in [0.1, 0.15) is 5.56 Å². The number of carbonyl (C=O) groups excluding carboxylic acids is 1. The van der Waals surface area contributed by atoms with Gasteiger partial charge in [0.25, 0.3) is 0 Å². The summed E-state index contributed by atoms with van der Waals surface area (Å²) < 4.78 is 28.2. The molecule has 0 aliphatic carbocycles. The summed E-state index contributed by atoms with van der Waals surface area (Å²) in [5, 5.41) is 2.23. The number of anilines is 1. The first-order valence-electron chi connectivity index (χ1n) is 4.11. The van der Waals surface area contributed by atoms with Gasteiger partial charge in [-0.2, -0.15) is 8.78 Å². The highest BCUT2D eigenvalue weighted by molar-refractivity contribution is 5.90. The molecule has 0 aromatic heterocycles. The van der Waals surface area contributed by atoms with Crippen LogP contribution in [0.25, 0.3) is 0 Å². The molecular weight excluding hydrogens is 206 g/mol. The van der Waals surface area contributed by atoms with Crippen LogP contribution in [0.4, 0.5) is 19.3 Å². The van der Waals surface area contributed by atoms with Gasteiger partial charge in [0.05, 0.1) is 5.69 Å². The molecule has 0 aliphatic heterocycles. The van der Waals surface area contributed by atoms with Crippen LogP contribution in [0.5, 0.6) is 5.75 Å². The molecule has 1 rings (SSSR count). The zero-order chi connectivity index (χ0) is 11.4. The second-order valence-electron chi connectivity index (χ2n) is 2.82. The number of amides is 2. The minimum atomic E-state index is -2.94. The van der Waals surface area contributed by atoms with Gasteiger partial charge in [0, 0.05) is 0 Å². The van der Waals surface area contributed by atoms with E-state index in [-0.39, 0.29) is 11.4 Å². The van der Waals surface area contributed by atoms with Crippen LogP contribution in [0.15, 0.2) is 18.2 Å². The van der Waals surface area contributed by atoms with Crippen LogP contribution in [-0.4, -0.2) is 12.6 Å². The monoisotopic (exact) mass is 216 g/mol. The number of nitrogens with one attached hydrogen (secondary N) is 1. The number of carbonyl (C=O) groups is 1. The Bertz CT molecular complexity index is 369. The number of primary amides is 1. The van der Waals surface area contributed by atoms with E-state index in [0.29, 0.717) is 5.56 Å². The van der Waals surface area contributed by atoms with Crippen LogP contribution in [-0.2, 0) is 0 Å². The highest BCUT2D eigenvalue weighted by Crippen LogP contribution is 2.29. The Kier molecular flexibility index (Phi) is 3.43. The quantitative estimate of drug-likeness (QED) is 0.812. The van der Waals surface area contributed by atoms with Gasteiger partial charge in [-0.25, -0.2) is 4.79 Å². The molecule has 1 aromatic carbocycles. The van der Waals surface area contributed by atoms with Crippen molar-refractivity contribution in [2.45, 2.75) is 13.5 Å². The molecule has 0 saturated carbocycles. The molecule has 0 atom stereocenters. The maximum atomic E-state index is 12.0. The van der Waals surface area contributed by atoms with Crippen molar-refractivity contribution < 1.29 is 18.3 Å². The maximum absolute atomic E-state index is 12.0. The maximum Gasteiger partial charge on any atom is 0.387 e. The van der Waals surface area contributed by atoms with Crippen LogP contribution in [0.3, 0.4) is 0 Å². The third kappa shape index (κ3) is 3.08. The fraction of sp³-hybridized carbons (Fsp3) is 0.222. The molecule has 0 saturated heterocycles. The summed E-state index contributed by atoms with van der Waals surface area (Å²) in [5.41, 5.74) is 5.65. The Hall–Kier alpha value is -1.85. The van der Waals surface area contributed by atoms with Crippen molar-refractivity contribution >= 4 is 11.7 Å². The van der Waals surface area contributed by atoms with E-state index in [0.717, 1.165) is 0 Å². The molecule has 15 heavy (non-hydrogen) atoms. The number of hydrogen-bond donors (Lipinski definition) is 2. The number of para-hydroxylation sites is 1. The van der Waals surface area contributed by atoms with E-state index in [9.17, 15) is 13.6 Å². The summed E-state index contributed by atoms with van der Waals surface area (Å²) in [4.78, 5) is 10.6. The Balaban J connectivity index is 3.02. The number of alkyl halides is 2. The molecule has 0 fully saturated rings. The predicted molar refractivity (Wildman–Crippen MR) is 51.0 cm³/mol. The van der Waals surface area contributed by atoms with Crippen LogP contribution in [0.2, 0.25) is 0 Å². The van der Waals surface area contributed by atoms with Gasteiger partial charge in [-0.15, -0.1) is 0 Å². The minimum Gasteiger partial charge on any atom is -0.433 e. The number of urea groups is 1. The topological polar surface area (TPSA) is 64.3 Å². The zero-order valence-electron chi connectivity index (χ0n) is 7.96. The second kappa shape index (κ2) is 4.59. The normalized spacial score (nSPS) is 10.1. The molecule has 0 spiro atoms. The second-order valence-corrected chi connectivity index (χ2v) is 2.82. The molecular formula is C9H10F2N2O2. The standard InChI is InChI=1S/C9H10F2N2O2/c1-5-3-2-4-6(15-8(10)11)7(5)13-9(12)14/h2-4,8H,1H3,(H3,12,13,14). The molecule has 2 amide bonds. The van der Waals surface area contributed by atoms with Crippen LogP contribution >= 0.6 is 0 Å². The molecule has 0 unspecified atom stereocenters. The van der Waals surface area contributed by atoms with Gasteiger partial charge in [-0.3, -0.25) is 0 Å². The van der Waals surface area contributed by atoms with Gasteiger partial charge in [0.1, 0.15) is 5.75 Å². The van der Waals surface area contributed by atoms with Crippen molar-refractivity contribution in [3.05, 3.63) is 23.8 Å². The average molecular weight is 216 g/mol. The molecule has 0 aliphatic rings. The van der Waals surface area contributed by atoms with Gasteiger partial charge in [0.2, 0.25) is 0 Å². The molecule has 82 valence electrons. The summed E-state index contributed by atoms with van der Waals surface area (Å²) in [6.45, 7) is -1.30. The summed E-state index contributed by atoms with van der Waals surface area (Å²) >= 11 is 0. The lowest BCUT2D eigenvalue weighted by molar-refractivity contribution is -0.0493.